The van der Waals surface area contributed by atoms with Gasteiger partial charge in [0.25, 0.3) is 0 Å². The Labute approximate surface area is 136 Å². The Morgan fingerprint density at radius 2 is 1.95 bits per heavy atom. The third-order valence-corrected chi connectivity index (χ3v) is 4.40. The number of halogens is 2. The average Bonchev–Trinajstić information content (AvgIpc) is 2.41. The number of hydrogen-bond donors (Lipinski definition) is 1. The Morgan fingerprint density at radius 3 is 2.60 bits per heavy atom. The highest BCUT2D eigenvalue weighted by atomic mass is 79.9. The van der Waals surface area contributed by atoms with Crippen LogP contribution >= 0.6 is 39.3 Å². The zero-order valence-electron chi connectivity index (χ0n) is 10.8. The molecule has 0 saturated carbocycles. The van der Waals surface area contributed by atoms with Gasteiger partial charge in [-0.2, -0.15) is 0 Å². The van der Waals surface area contributed by atoms with E-state index in [1.54, 1.807) is 0 Å². The molecule has 0 aliphatic heterocycles. The van der Waals surface area contributed by atoms with Crippen molar-refractivity contribution in [2.45, 2.75) is 11.8 Å². The van der Waals surface area contributed by atoms with Crippen LogP contribution in [0.4, 0.5) is 5.69 Å². The Balaban J connectivity index is 1.90. The van der Waals surface area contributed by atoms with E-state index in [-0.39, 0.29) is 5.91 Å². The van der Waals surface area contributed by atoms with Gasteiger partial charge in [-0.25, -0.2) is 0 Å². The Morgan fingerprint density at radius 1 is 1.25 bits per heavy atom. The second-order valence-corrected chi connectivity index (χ2v) is 6.65. The molecule has 0 heterocycles. The Hall–Kier alpha value is -0.970. The molecule has 5 heteroatoms. The van der Waals surface area contributed by atoms with Crippen molar-refractivity contribution >= 4 is 50.9 Å². The van der Waals surface area contributed by atoms with Gasteiger partial charge in [0.2, 0.25) is 5.91 Å². The highest BCUT2D eigenvalue weighted by Crippen LogP contribution is 2.22. The number of carbonyl (C=O) groups is 1. The molecule has 2 nitrogen and oxygen atoms in total. The Kier molecular flexibility index (Phi) is 5.52. The fourth-order valence-corrected chi connectivity index (χ4v) is 2.93. The van der Waals surface area contributed by atoms with E-state index in [1.165, 1.54) is 11.8 Å². The van der Waals surface area contributed by atoms with Crippen LogP contribution < -0.4 is 5.32 Å². The van der Waals surface area contributed by atoms with E-state index in [9.17, 15) is 4.79 Å². The second kappa shape index (κ2) is 7.16. The number of amides is 1. The van der Waals surface area contributed by atoms with Gasteiger partial charge in [0.05, 0.1) is 5.75 Å². The van der Waals surface area contributed by atoms with Crippen molar-refractivity contribution in [3.63, 3.8) is 0 Å². The maximum Gasteiger partial charge on any atom is 0.234 e. The smallest absolute Gasteiger partial charge is 0.234 e. The van der Waals surface area contributed by atoms with Crippen molar-refractivity contribution in [2.75, 3.05) is 11.1 Å². The standard InChI is InChI=1S/C15H13BrClNOS/c1-10-8-11(16)2-7-14(10)18-15(19)9-20-13-5-3-12(17)4-6-13/h2-8H,9H2,1H3,(H,18,19). The minimum atomic E-state index is -0.0182. The molecule has 2 aromatic rings. The lowest BCUT2D eigenvalue weighted by molar-refractivity contribution is -0.113. The van der Waals surface area contributed by atoms with Crippen molar-refractivity contribution in [1.82, 2.24) is 0 Å². The van der Waals surface area contributed by atoms with Crippen LogP contribution in [0.25, 0.3) is 0 Å². The normalized spacial score (nSPS) is 10.3. The number of benzene rings is 2. The largest absolute Gasteiger partial charge is 0.325 e. The van der Waals surface area contributed by atoms with Crippen molar-refractivity contribution in [3.8, 4) is 0 Å². The molecule has 1 amide bonds. The highest BCUT2D eigenvalue weighted by molar-refractivity contribution is 9.10. The summed E-state index contributed by atoms with van der Waals surface area (Å²) < 4.78 is 1.00. The van der Waals surface area contributed by atoms with Crippen LogP contribution in [-0.2, 0) is 4.79 Å². The van der Waals surface area contributed by atoms with Crippen LogP contribution in [0.5, 0.6) is 0 Å². The molecule has 0 radical (unpaired) electrons. The first-order valence-electron chi connectivity index (χ1n) is 5.99. The Bertz CT molecular complexity index is 616. The summed E-state index contributed by atoms with van der Waals surface area (Å²) in [5, 5.41) is 3.61. The number of thioether (sulfide) groups is 1. The van der Waals surface area contributed by atoms with Crippen LogP contribution in [0.15, 0.2) is 51.8 Å². The summed E-state index contributed by atoms with van der Waals surface area (Å²) in [6, 6.07) is 13.2. The van der Waals surface area contributed by atoms with Crippen molar-refractivity contribution in [3.05, 3.63) is 57.5 Å². The van der Waals surface area contributed by atoms with Crippen LogP contribution in [0.2, 0.25) is 5.02 Å². The number of carbonyl (C=O) groups excluding carboxylic acids is 1. The molecular formula is C15H13BrClNOS. The summed E-state index contributed by atoms with van der Waals surface area (Å²) in [6.45, 7) is 1.96. The number of nitrogens with one attached hydrogen (secondary N) is 1. The van der Waals surface area contributed by atoms with Gasteiger partial charge in [-0.15, -0.1) is 11.8 Å². The van der Waals surface area contributed by atoms with Gasteiger partial charge >= 0.3 is 0 Å². The van der Waals surface area contributed by atoms with Gasteiger partial charge in [0, 0.05) is 20.1 Å². The summed E-state index contributed by atoms with van der Waals surface area (Å²) in [4.78, 5) is 12.9. The number of anilines is 1. The fraction of sp³-hybridized carbons (Fsp3) is 0.133. The van der Waals surface area contributed by atoms with E-state index in [0.717, 1.165) is 20.6 Å². The summed E-state index contributed by atoms with van der Waals surface area (Å²) in [5.74, 6) is 0.354. The predicted molar refractivity (Wildman–Crippen MR) is 89.7 cm³/mol. The predicted octanol–water partition coefficient (Wildman–Crippen LogP) is 5.14. The molecule has 20 heavy (non-hydrogen) atoms. The molecule has 0 aliphatic carbocycles. The molecule has 0 fully saturated rings. The number of rotatable bonds is 4. The lowest BCUT2D eigenvalue weighted by Gasteiger charge is -2.08. The average molecular weight is 371 g/mol. The minimum Gasteiger partial charge on any atom is -0.325 e. The first-order chi connectivity index (χ1) is 9.54. The molecule has 0 atom stereocenters. The second-order valence-electron chi connectivity index (χ2n) is 4.25. The first kappa shape index (κ1) is 15.4. The highest BCUT2D eigenvalue weighted by Gasteiger charge is 2.06. The summed E-state index contributed by atoms with van der Waals surface area (Å²) in [7, 11) is 0. The maximum atomic E-state index is 11.9. The molecule has 0 aromatic heterocycles. The van der Waals surface area contributed by atoms with Gasteiger partial charge in [-0.05, 0) is 55.0 Å². The topological polar surface area (TPSA) is 29.1 Å². The number of hydrogen-bond acceptors (Lipinski definition) is 2. The van der Waals surface area contributed by atoms with E-state index in [1.807, 2.05) is 49.4 Å². The summed E-state index contributed by atoms with van der Waals surface area (Å²) in [6.07, 6.45) is 0. The van der Waals surface area contributed by atoms with Crippen LogP contribution in [0.1, 0.15) is 5.56 Å². The molecule has 0 saturated heterocycles. The molecule has 104 valence electrons. The van der Waals surface area contributed by atoms with Gasteiger partial charge in [0.1, 0.15) is 0 Å². The monoisotopic (exact) mass is 369 g/mol. The van der Waals surface area contributed by atoms with Crippen LogP contribution in [-0.4, -0.2) is 11.7 Å². The molecule has 0 aliphatic rings. The molecule has 2 aromatic carbocycles. The van der Waals surface area contributed by atoms with E-state index >= 15 is 0 Å². The third kappa shape index (κ3) is 4.54. The molecule has 0 unspecified atom stereocenters. The summed E-state index contributed by atoms with van der Waals surface area (Å²) >= 11 is 10.7. The SMILES string of the molecule is Cc1cc(Br)ccc1NC(=O)CSc1ccc(Cl)cc1. The first-order valence-corrected chi connectivity index (χ1v) is 8.14. The quantitative estimate of drug-likeness (QED) is 0.755. The van der Waals surface area contributed by atoms with E-state index in [0.29, 0.717) is 10.8 Å². The molecule has 0 bridgehead atoms. The lowest BCUT2D eigenvalue weighted by atomic mass is 10.2. The maximum absolute atomic E-state index is 11.9. The van der Waals surface area contributed by atoms with E-state index in [4.69, 9.17) is 11.6 Å². The van der Waals surface area contributed by atoms with Crippen molar-refractivity contribution in [1.29, 1.82) is 0 Å². The zero-order chi connectivity index (χ0) is 14.5. The third-order valence-electron chi connectivity index (χ3n) is 2.65. The van der Waals surface area contributed by atoms with Gasteiger partial charge in [0.15, 0.2) is 0 Å². The summed E-state index contributed by atoms with van der Waals surface area (Å²) in [5.41, 5.74) is 1.87. The van der Waals surface area contributed by atoms with Gasteiger partial charge in [-0.3, -0.25) is 4.79 Å². The fourth-order valence-electron chi connectivity index (χ4n) is 1.63. The zero-order valence-corrected chi connectivity index (χ0v) is 14.0. The lowest BCUT2D eigenvalue weighted by Crippen LogP contribution is -2.14. The molecule has 2 rings (SSSR count). The van der Waals surface area contributed by atoms with E-state index in [2.05, 4.69) is 21.2 Å². The molecule has 1 N–H and O–H groups in total. The van der Waals surface area contributed by atoms with Gasteiger partial charge in [-0.1, -0.05) is 27.5 Å². The van der Waals surface area contributed by atoms with Gasteiger partial charge < -0.3 is 5.32 Å². The number of aryl methyl sites for hydroxylation is 1. The van der Waals surface area contributed by atoms with Crippen molar-refractivity contribution < 1.29 is 4.79 Å². The molecule has 0 spiro atoms. The minimum absolute atomic E-state index is 0.0182. The molecular weight excluding hydrogens is 358 g/mol. The van der Waals surface area contributed by atoms with Crippen LogP contribution in [0.3, 0.4) is 0 Å². The van der Waals surface area contributed by atoms with Crippen LogP contribution in [0, 0.1) is 6.92 Å². The van der Waals surface area contributed by atoms with E-state index < -0.39 is 0 Å². The van der Waals surface area contributed by atoms with Crippen molar-refractivity contribution in [2.24, 2.45) is 0 Å².